The molecule has 3 fully saturated rings. The van der Waals surface area contributed by atoms with E-state index in [0.29, 0.717) is 12.8 Å². The summed E-state index contributed by atoms with van der Waals surface area (Å²) in [7, 11) is -4.99. The van der Waals surface area contributed by atoms with E-state index in [1.54, 1.807) is 11.8 Å². The Morgan fingerprint density at radius 2 is 1.96 bits per heavy atom. The quantitative estimate of drug-likeness (QED) is 0.131. The maximum absolute atomic E-state index is 11.8. The SMILES string of the molecule is O=C1N[C@@H]2[C@H](CCCCC(=O)ON3C(=O)CC(S(=O)(=O)[O-])C3=O)SC[C@H]2N1.[Na+]. The van der Waals surface area contributed by atoms with Crippen LogP contribution in [-0.4, -0.2) is 70.2 Å². The molecule has 14 heteroatoms. The predicted molar refractivity (Wildman–Crippen MR) is 90.0 cm³/mol. The number of hydrogen-bond donors (Lipinski definition) is 2. The largest absolute Gasteiger partial charge is 1.00 e. The van der Waals surface area contributed by atoms with Crippen molar-refractivity contribution in [2.45, 2.75) is 54.7 Å². The maximum Gasteiger partial charge on any atom is 1.00 e. The molecule has 0 aromatic carbocycles. The first-order chi connectivity index (χ1) is 12.7. The molecule has 0 saturated carbocycles. The second-order valence-corrected chi connectivity index (χ2v) is 9.37. The van der Waals surface area contributed by atoms with Gasteiger partial charge in [0.25, 0.3) is 11.8 Å². The zero-order valence-corrected chi connectivity index (χ0v) is 18.7. The van der Waals surface area contributed by atoms with E-state index in [-0.39, 0.29) is 64.4 Å². The molecule has 3 aliphatic heterocycles. The van der Waals surface area contributed by atoms with Crippen molar-refractivity contribution in [1.29, 1.82) is 0 Å². The maximum atomic E-state index is 11.8. The minimum atomic E-state index is -4.99. The molecular weight excluding hydrogens is 425 g/mol. The average Bonchev–Trinajstić information content (AvgIpc) is 3.19. The van der Waals surface area contributed by atoms with Crippen molar-refractivity contribution in [1.82, 2.24) is 15.7 Å². The van der Waals surface area contributed by atoms with E-state index in [0.717, 1.165) is 12.2 Å². The van der Waals surface area contributed by atoms with Crippen molar-refractivity contribution >= 4 is 45.7 Å². The summed E-state index contributed by atoms with van der Waals surface area (Å²) < 4.78 is 32.8. The van der Waals surface area contributed by atoms with E-state index in [9.17, 15) is 32.1 Å². The van der Waals surface area contributed by atoms with Crippen molar-refractivity contribution in [2.24, 2.45) is 0 Å². The zero-order valence-electron chi connectivity index (χ0n) is 15.1. The minimum Gasteiger partial charge on any atom is -0.747 e. The molecule has 2 N–H and O–H groups in total. The molecule has 4 atom stereocenters. The molecule has 0 bridgehead atoms. The standard InChI is InChI=1S/C14H19N3O8S2.Na/c18-10-5-9(27(22,23)24)13(20)17(10)25-11(19)4-2-1-3-8-12-7(6-26-8)15-14(21)16-12;/h7-9,12H,1-6H2,(H2,15,16,21)(H,22,23,24);/q;+1/p-1/t7-,8+,9?,12+;/m1./s1. The van der Waals surface area contributed by atoms with Crippen LogP contribution in [0.1, 0.15) is 32.1 Å². The van der Waals surface area contributed by atoms with Gasteiger partial charge in [-0.3, -0.25) is 9.59 Å². The van der Waals surface area contributed by atoms with E-state index in [1.165, 1.54) is 0 Å². The number of fused-ring (bicyclic) bond motifs is 1. The molecule has 3 heterocycles. The molecule has 0 spiro atoms. The van der Waals surface area contributed by atoms with Crippen LogP contribution in [0.2, 0.25) is 0 Å². The fraction of sp³-hybridized carbons (Fsp3) is 0.714. The van der Waals surface area contributed by atoms with E-state index >= 15 is 0 Å². The molecule has 3 aliphatic rings. The Balaban J connectivity index is 0.00000280. The second-order valence-electron chi connectivity index (χ2n) is 6.54. The number of hydroxylamine groups is 2. The first-order valence-corrected chi connectivity index (χ1v) is 10.9. The van der Waals surface area contributed by atoms with Gasteiger partial charge in [-0.1, -0.05) is 6.42 Å². The molecule has 3 rings (SSSR count). The summed E-state index contributed by atoms with van der Waals surface area (Å²) >= 11 is 1.75. The van der Waals surface area contributed by atoms with Crippen molar-refractivity contribution in [3.05, 3.63) is 0 Å². The topological polar surface area (TPSA) is 162 Å². The summed E-state index contributed by atoms with van der Waals surface area (Å²) in [4.78, 5) is 51.1. The van der Waals surface area contributed by atoms with Gasteiger partial charge in [-0.2, -0.15) is 11.8 Å². The van der Waals surface area contributed by atoms with Gasteiger partial charge in [-0.25, -0.2) is 18.0 Å². The summed E-state index contributed by atoms with van der Waals surface area (Å²) in [5.41, 5.74) is 0. The van der Waals surface area contributed by atoms with Crippen LogP contribution in [0.4, 0.5) is 4.79 Å². The summed E-state index contributed by atoms with van der Waals surface area (Å²) in [6, 6.07) is 0.0207. The fourth-order valence-corrected chi connectivity index (χ4v) is 5.54. The van der Waals surface area contributed by atoms with Gasteiger partial charge in [0, 0.05) is 17.4 Å². The van der Waals surface area contributed by atoms with Crippen molar-refractivity contribution in [3.8, 4) is 0 Å². The van der Waals surface area contributed by atoms with E-state index in [2.05, 4.69) is 15.5 Å². The monoisotopic (exact) mass is 443 g/mol. The van der Waals surface area contributed by atoms with E-state index in [1.807, 2.05) is 0 Å². The van der Waals surface area contributed by atoms with Crippen LogP contribution >= 0.6 is 11.8 Å². The van der Waals surface area contributed by atoms with Crippen LogP contribution in [-0.2, 0) is 29.3 Å². The van der Waals surface area contributed by atoms with Gasteiger partial charge in [-0.15, -0.1) is 5.06 Å². The van der Waals surface area contributed by atoms with Gasteiger partial charge in [-0.05, 0) is 12.8 Å². The number of amides is 4. The van der Waals surface area contributed by atoms with Crippen LogP contribution < -0.4 is 40.2 Å². The van der Waals surface area contributed by atoms with Gasteiger partial charge in [0.05, 0.1) is 18.5 Å². The van der Waals surface area contributed by atoms with E-state index in [4.69, 9.17) is 0 Å². The third-order valence-electron chi connectivity index (χ3n) is 4.66. The number of hydrogen-bond acceptors (Lipinski definition) is 9. The Bertz CT molecular complexity index is 777. The Kier molecular flexibility index (Phi) is 7.78. The normalized spacial score (nSPS) is 29.2. The molecule has 150 valence electrons. The number of carbonyl (C=O) groups excluding carboxylic acids is 4. The van der Waals surface area contributed by atoms with Gasteiger partial charge in [0.1, 0.15) is 15.4 Å². The molecular formula is C14H18N3NaO8S2. The van der Waals surface area contributed by atoms with Crippen LogP contribution in [0.25, 0.3) is 0 Å². The molecule has 28 heavy (non-hydrogen) atoms. The predicted octanol–water partition coefficient (Wildman–Crippen LogP) is -4.15. The Morgan fingerprint density at radius 1 is 1.25 bits per heavy atom. The minimum absolute atomic E-state index is 0. The number of thioether (sulfide) groups is 1. The molecule has 0 radical (unpaired) electrons. The van der Waals surface area contributed by atoms with Gasteiger partial charge >= 0.3 is 41.6 Å². The van der Waals surface area contributed by atoms with Crippen molar-refractivity contribution in [3.63, 3.8) is 0 Å². The number of urea groups is 1. The van der Waals surface area contributed by atoms with Gasteiger partial charge < -0.3 is 20.0 Å². The summed E-state index contributed by atoms with van der Waals surface area (Å²) in [5, 5.41) is 3.98. The number of carbonyl (C=O) groups is 4. The number of nitrogens with zero attached hydrogens (tertiary/aromatic N) is 1. The smallest absolute Gasteiger partial charge is 0.747 e. The van der Waals surface area contributed by atoms with Crippen molar-refractivity contribution in [2.75, 3.05) is 5.75 Å². The number of nitrogens with one attached hydrogen (secondary N) is 2. The van der Waals surface area contributed by atoms with Crippen molar-refractivity contribution < 1.29 is 66.5 Å². The van der Waals surface area contributed by atoms with Crippen LogP contribution in [0.15, 0.2) is 0 Å². The Hall–Kier alpha value is -0.860. The van der Waals surface area contributed by atoms with Gasteiger partial charge in [0.2, 0.25) is 0 Å². The van der Waals surface area contributed by atoms with Crippen LogP contribution in [0.3, 0.4) is 0 Å². The first kappa shape index (κ1) is 23.4. The fourth-order valence-electron chi connectivity index (χ4n) is 3.31. The third-order valence-corrected chi connectivity index (χ3v) is 7.24. The molecule has 4 amide bonds. The number of rotatable bonds is 7. The molecule has 0 aromatic rings. The average molecular weight is 443 g/mol. The molecule has 3 saturated heterocycles. The molecule has 0 aliphatic carbocycles. The molecule has 0 aromatic heterocycles. The molecule has 11 nitrogen and oxygen atoms in total. The third kappa shape index (κ3) is 5.19. The summed E-state index contributed by atoms with van der Waals surface area (Å²) in [5.74, 6) is -2.38. The van der Waals surface area contributed by atoms with Crippen LogP contribution in [0.5, 0.6) is 0 Å². The summed E-state index contributed by atoms with van der Waals surface area (Å²) in [6.07, 6.45) is 1.000. The van der Waals surface area contributed by atoms with Crippen LogP contribution in [0, 0.1) is 0 Å². The van der Waals surface area contributed by atoms with E-state index < -0.39 is 39.6 Å². The Morgan fingerprint density at radius 3 is 2.61 bits per heavy atom. The molecule has 1 unspecified atom stereocenters. The first-order valence-electron chi connectivity index (χ1n) is 8.38. The summed E-state index contributed by atoms with van der Waals surface area (Å²) in [6.45, 7) is 0. The van der Waals surface area contributed by atoms with Gasteiger partial charge in [0.15, 0.2) is 0 Å². The second kappa shape index (κ2) is 9.30. The number of unbranched alkanes of at least 4 members (excludes halogenated alkanes) is 1. The Labute approximate surface area is 187 Å². The number of imide groups is 1. The zero-order chi connectivity index (χ0) is 19.8.